The third-order valence-electron chi connectivity index (χ3n) is 3.33. The van der Waals surface area contributed by atoms with Crippen molar-refractivity contribution in [1.29, 1.82) is 0 Å². The maximum Gasteiger partial charge on any atom is 0.409 e. The van der Waals surface area contributed by atoms with E-state index in [-0.39, 0.29) is 17.7 Å². The monoisotopic (exact) mass is 341 g/mol. The first-order valence-electron chi connectivity index (χ1n) is 6.76. The normalized spacial score (nSPS) is 14.6. The minimum Gasteiger partial charge on any atom is -0.212 e. The molecular weight excluding hydrogens is 322 g/mol. The van der Waals surface area contributed by atoms with Crippen LogP contribution in [-0.4, -0.2) is 30.7 Å². The average Bonchev–Trinajstić information content (AvgIpc) is 2.37. The zero-order chi connectivity index (χ0) is 17.3. The second-order valence-corrected chi connectivity index (χ2v) is 7.69. The fraction of sp³-hybridized carbons (Fsp3) is 0.571. The van der Waals surface area contributed by atoms with Gasteiger partial charge in [-0.3, -0.25) is 0 Å². The van der Waals surface area contributed by atoms with Crippen LogP contribution in [0, 0.1) is 12.7 Å². The molecule has 1 rings (SSSR count). The molecule has 126 valence electrons. The maximum absolute atomic E-state index is 13.5. The van der Waals surface area contributed by atoms with Crippen molar-refractivity contribution in [2.75, 3.05) is 6.54 Å². The number of nitrogens with zero attached hydrogens (tertiary/aromatic N) is 1. The van der Waals surface area contributed by atoms with E-state index in [9.17, 15) is 26.0 Å². The van der Waals surface area contributed by atoms with E-state index in [0.29, 0.717) is 4.31 Å². The number of benzene rings is 1. The van der Waals surface area contributed by atoms with Crippen LogP contribution in [0.3, 0.4) is 0 Å². The van der Waals surface area contributed by atoms with Gasteiger partial charge in [-0.25, -0.2) is 12.8 Å². The molecule has 0 heterocycles. The molecule has 0 saturated carbocycles. The minimum absolute atomic E-state index is 0.0322. The third kappa shape index (κ3) is 3.78. The summed E-state index contributed by atoms with van der Waals surface area (Å²) in [5.41, 5.74) is -0.262. The molecule has 0 spiro atoms. The Balaban J connectivity index is 3.49. The summed E-state index contributed by atoms with van der Waals surface area (Å²) in [5.74, 6) is -0.639. The Hall–Kier alpha value is -1.15. The van der Waals surface area contributed by atoms with E-state index in [4.69, 9.17) is 0 Å². The van der Waals surface area contributed by atoms with Gasteiger partial charge in [0.15, 0.2) is 0 Å². The first-order valence-corrected chi connectivity index (χ1v) is 8.26. The first kappa shape index (κ1) is 18.9. The molecule has 22 heavy (non-hydrogen) atoms. The van der Waals surface area contributed by atoms with Crippen LogP contribution in [0.15, 0.2) is 18.2 Å². The van der Waals surface area contributed by atoms with Crippen molar-refractivity contribution in [3.05, 3.63) is 35.1 Å². The highest BCUT2D eigenvalue weighted by Gasteiger charge is 2.48. The van der Waals surface area contributed by atoms with Crippen molar-refractivity contribution in [1.82, 2.24) is 4.31 Å². The molecule has 1 aromatic carbocycles. The molecule has 8 heteroatoms. The Labute approximate surface area is 128 Å². The summed E-state index contributed by atoms with van der Waals surface area (Å²) in [5, 5.41) is -0.987. The quantitative estimate of drug-likeness (QED) is 0.764. The molecule has 1 aromatic rings. The number of alkyl halides is 3. The smallest absolute Gasteiger partial charge is 0.212 e. The number of sulfonamides is 1. The molecule has 0 saturated heterocycles. The molecule has 0 aliphatic carbocycles. The molecule has 0 bridgehead atoms. The van der Waals surface area contributed by atoms with Crippen molar-refractivity contribution < 1.29 is 26.0 Å². The van der Waals surface area contributed by atoms with Crippen molar-refractivity contribution in [2.45, 2.75) is 45.2 Å². The van der Waals surface area contributed by atoms with Crippen LogP contribution in [0.1, 0.15) is 37.9 Å². The molecule has 0 aliphatic rings. The van der Waals surface area contributed by atoms with Gasteiger partial charge in [-0.2, -0.15) is 17.5 Å². The van der Waals surface area contributed by atoms with Gasteiger partial charge in [0.25, 0.3) is 0 Å². The van der Waals surface area contributed by atoms with Gasteiger partial charge in [0.05, 0.1) is 5.25 Å². The Morgan fingerprint density at radius 3 is 2.14 bits per heavy atom. The van der Waals surface area contributed by atoms with Gasteiger partial charge in [-0.15, -0.1) is 0 Å². The van der Waals surface area contributed by atoms with Crippen molar-refractivity contribution in [3.63, 3.8) is 0 Å². The summed E-state index contributed by atoms with van der Waals surface area (Å²) in [6.45, 7) is 4.98. The molecule has 3 nitrogen and oxygen atoms in total. The predicted molar refractivity (Wildman–Crippen MR) is 76.4 cm³/mol. The number of halogens is 4. The van der Waals surface area contributed by atoms with Crippen LogP contribution in [-0.2, 0) is 10.0 Å². The number of hydrogen-bond acceptors (Lipinski definition) is 2. The molecule has 1 unspecified atom stereocenters. The highest BCUT2D eigenvalue weighted by molar-refractivity contribution is 7.89. The van der Waals surface area contributed by atoms with Crippen molar-refractivity contribution >= 4 is 10.0 Å². The Kier molecular flexibility index (Phi) is 5.61. The zero-order valence-corrected chi connectivity index (χ0v) is 13.6. The van der Waals surface area contributed by atoms with Gasteiger partial charge in [0.1, 0.15) is 11.9 Å². The summed E-state index contributed by atoms with van der Waals surface area (Å²) in [4.78, 5) is 0. The second-order valence-electron chi connectivity index (χ2n) is 5.25. The average molecular weight is 341 g/mol. The van der Waals surface area contributed by atoms with Crippen LogP contribution >= 0.6 is 0 Å². The predicted octanol–water partition coefficient (Wildman–Crippen LogP) is 3.80. The van der Waals surface area contributed by atoms with Gasteiger partial charge >= 0.3 is 6.18 Å². The minimum atomic E-state index is -4.80. The summed E-state index contributed by atoms with van der Waals surface area (Å²) in [7, 11) is -4.12. The van der Waals surface area contributed by atoms with E-state index in [1.165, 1.54) is 27.7 Å². The Morgan fingerprint density at radius 2 is 1.77 bits per heavy atom. The van der Waals surface area contributed by atoms with Crippen LogP contribution in [0.25, 0.3) is 0 Å². The molecule has 0 aromatic heterocycles. The molecular formula is C14H19F4NO2S. The maximum atomic E-state index is 13.5. The summed E-state index contributed by atoms with van der Waals surface area (Å²) < 4.78 is 78.6. The fourth-order valence-corrected chi connectivity index (χ4v) is 3.57. The first-order chi connectivity index (χ1) is 9.92. The van der Waals surface area contributed by atoms with Gasteiger partial charge < -0.3 is 0 Å². The second kappa shape index (κ2) is 6.54. The van der Waals surface area contributed by atoms with Gasteiger partial charge in [0, 0.05) is 6.54 Å². The van der Waals surface area contributed by atoms with Gasteiger partial charge in [-0.05, 0) is 38.0 Å². The van der Waals surface area contributed by atoms with Crippen LogP contribution in [0.5, 0.6) is 0 Å². The lowest BCUT2D eigenvalue weighted by molar-refractivity contribution is -0.173. The topological polar surface area (TPSA) is 37.4 Å². The zero-order valence-electron chi connectivity index (χ0n) is 12.8. The fourth-order valence-electron chi connectivity index (χ4n) is 2.14. The number of aryl methyl sites for hydroxylation is 1. The lowest BCUT2D eigenvalue weighted by atomic mass is 10.0. The van der Waals surface area contributed by atoms with Gasteiger partial charge in [0.2, 0.25) is 10.0 Å². The SMILES string of the molecule is CCN(C(c1ccc(F)c(C)c1)C(F)(F)F)S(=O)(=O)C(C)C. The number of rotatable bonds is 5. The Morgan fingerprint density at radius 1 is 1.23 bits per heavy atom. The number of hydrogen-bond donors (Lipinski definition) is 0. The van der Waals surface area contributed by atoms with E-state index in [1.807, 2.05) is 0 Å². The van der Waals surface area contributed by atoms with Crippen LogP contribution < -0.4 is 0 Å². The van der Waals surface area contributed by atoms with Crippen molar-refractivity contribution in [3.8, 4) is 0 Å². The van der Waals surface area contributed by atoms with E-state index in [0.717, 1.165) is 18.2 Å². The lowest BCUT2D eigenvalue weighted by Crippen LogP contribution is -2.45. The standard InChI is InChI=1S/C14H19F4NO2S/c1-5-19(22(20,21)9(2)3)13(14(16,17)18)11-6-7-12(15)10(4)8-11/h6-9,13H,5H2,1-4H3. The van der Waals surface area contributed by atoms with Crippen LogP contribution in [0.2, 0.25) is 0 Å². The lowest BCUT2D eigenvalue weighted by Gasteiger charge is -2.33. The van der Waals surface area contributed by atoms with E-state index in [1.54, 1.807) is 0 Å². The summed E-state index contributed by atoms with van der Waals surface area (Å²) in [6.07, 6.45) is -4.80. The Bertz CT molecular complexity index is 626. The highest BCUT2D eigenvalue weighted by atomic mass is 32.2. The summed E-state index contributed by atoms with van der Waals surface area (Å²) >= 11 is 0. The third-order valence-corrected chi connectivity index (χ3v) is 5.64. The van der Waals surface area contributed by atoms with Crippen LogP contribution in [0.4, 0.5) is 17.6 Å². The molecule has 0 amide bonds. The largest absolute Gasteiger partial charge is 0.409 e. The van der Waals surface area contributed by atoms with E-state index < -0.39 is 33.3 Å². The molecule has 0 radical (unpaired) electrons. The molecule has 0 fully saturated rings. The molecule has 0 aliphatic heterocycles. The van der Waals surface area contributed by atoms with Crippen molar-refractivity contribution in [2.24, 2.45) is 0 Å². The van der Waals surface area contributed by atoms with E-state index >= 15 is 0 Å². The summed E-state index contributed by atoms with van der Waals surface area (Å²) in [6, 6.07) is 0.591. The van der Waals surface area contributed by atoms with Gasteiger partial charge in [-0.1, -0.05) is 19.1 Å². The molecule has 1 atom stereocenters. The molecule has 0 N–H and O–H groups in total. The highest BCUT2D eigenvalue weighted by Crippen LogP contribution is 2.40. The van der Waals surface area contributed by atoms with E-state index in [2.05, 4.69) is 0 Å².